The number of hydrogen-bond acceptors (Lipinski definition) is 6. The molecule has 0 aromatic heterocycles. The van der Waals surface area contributed by atoms with Gasteiger partial charge < -0.3 is 19.5 Å². The first-order valence-electron chi connectivity index (χ1n) is 13.0. The Bertz CT molecular complexity index is 813. The van der Waals surface area contributed by atoms with Gasteiger partial charge in [-0.15, -0.1) is 0 Å². The fourth-order valence-electron chi connectivity index (χ4n) is 3.49. The zero-order valence-electron chi connectivity index (χ0n) is 23.0. The van der Waals surface area contributed by atoms with Crippen LogP contribution < -0.4 is 5.32 Å². The first-order valence-corrected chi connectivity index (χ1v) is 13.8. The lowest BCUT2D eigenvalue weighted by Gasteiger charge is -2.33. The van der Waals surface area contributed by atoms with Crippen LogP contribution in [0.25, 0.3) is 0 Å². The van der Waals surface area contributed by atoms with E-state index in [0.29, 0.717) is 82.3 Å². The molecule has 0 bridgehead atoms. The molecule has 1 rings (SSSR count). The van der Waals surface area contributed by atoms with E-state index in [1.165, 1.54) is 0 Å². The molecule has 1 N–H and O–H groups in total. The van der Waals surface area contributed by atoms with Gasteiger partial charge in [-0.1, -0.05) is 55.8 Å². The highest BCUT2D eigenvalue weighted by Crippen LogP contribution is 2.26. The van der Waals surface area contributed by atoms with Crippen LogP contribution in [0.15, 0.2) is 36.4 Å². The van der Waals surface area contributed by atoms with Gasteiger partial charge in [0.2, 0.25) is 5.91 Å². The van der Waals surface area contributed by atoms with E-state index in [2.05, 4.69) is 41.0 Å². The van der Waals surface area contributed by atoms with Gasteiger partial charge in [-0.3, -0.25) is 4.79 Å². The number of aryl methyl sites for hydroxylation is 1. The largest absolute Gasteiger partial charge is 0.378 e. The molecule has 0 aliphatic rings. The lowest BCUT2D eigenvalue weighted by molar-refractivity contribution is -0.121. The summed E-state index contributed by atoms with van der Waals surface area (Å²) in [5.74, 6) is 0.0647. The van der Waals surface area contributed by atoms with E-state index in [0.717, 1.165) is 29.5 Å². The number of benzene rings is 1. The van der Waals surface area contributed by atoms with Crippen molar-refractivity contribution in [2.75, 3.05) is 66.3 Å². The average Bonchev–Trinajstić information content (AvgIpc) is 2.84. The maximum Gasteiger partial charge on any atom is 0.220 e. The maximum absolute atomic E-state index is 11.4. The van der Waals surface area contributed by atoms with Crippen LogP contribution >= 0.6 is 23.2 Å². The normalized spacial score (nSPS) is 11.7. The summed E-state index contributed by atoms with van der Waals surface area (Å²) in [6.45, 7) is 15.9. The Morgan fingerprint density at radius 2 is 1.70 bits per heavy atom. The third kappa shape index (κ3) is 15.5. The molecule has 1 aromatic rings. The monoisotopic (exact) mass is 557 g/mol. The van der Waals surface area contributed by atoms with E-state index in [9.17, 15) is 4.79 Å². The number of halogens is 2. The summed E-state index contributed by atoms with van der Waals surface area (Å²) in [4.78, 5) is 11.4. The van der Waals surface area contributed by atoms with E-state index in [4.69, 9.17) is 37.4 Å². The molecule has 0 saturated heterocycles. The van der Waals surface area contributed by atoms with Gasteiger partial charge in [-0.2, -0.15) is 0 Å². The van der Waals surface area contributed by atoms with Crippen molar-refractivity contribution >= 4 is 29.1 Å². The van der Waals surface area contributed by atoms with Crippen LogP contribution in [0.1, 0.15) is 44.2 Å². The Balaban J connectivity index is 2.37. The lowest BCUT2D eigenvalue weighted by Crippen LogP contribution is -2.42. The summed E-state index contributed by atoms with van der Waals surface area (Å²) in [7, 11) is 2.04. The van der Waals surface area contributed by atoms with Crippen molar-refractivity contribution in [1.82, 2.24) is 15.3 Å². The molecular formula is C28H45Cl2N3O4. The second-order valence-electron chi connectivity index (χ2n) is 8.79. The summed E-state index contributed by atoms with van der Waals surface area (Å²) in [6.07, 6.45) is 6.55. The fourth-order valence-corrected chi connectivity index (χ4v) is 4.15. The van der Waals surface area contributed by atoms with Gasteiger partial charge in [-0.05, 0) is 48.6 Å². The Labute approximate surface area is 233 Å². The van der Waals surface area contributed by atoms with Crippen molar-refractivity contribution in [2.24, 2.45) is 0 Å². The minimum atomic E-state index is 0.0647. The topological polar surface area (TPSA) is 63.3 Å². The molecule has 0 aliphatic carbocycles. The quantitative estimate of drug-likeness (QED) is 0.123. The number of carbonyl (C=O) groups excluding carboxylic acids is 1. The van der Waals surface area contributed by atoms with Crippen molar-refractivity contribution in [3.8, 4) is 0 Å². The predicted octanol–water partition coefficient (Wildman–Crippen LogP) is 5.44. The number of amides is 1. The van der Waals surface area contributed by atoms with Crippen molar-refractivity contribution in [2.45, 2.75) is 46.6 Å². The second-order valence-corrected chi connectivity index (χ2v) is 9.64. The van der Waals surface area contributed by atoms with E-state index >= 15 is 0 Å². The third-order valence-corrected chi connectivity index (χ3v) is 6.07. The number of ether oxygens (including phenoxy) is 3. The van der Waals surface area contributed by atoms with Crippen LogP contribution in [-0.2, 0) is 25.5 Å². The molecule has 1 aromatic carbocycles. The van der Waals surface area contributed by atoms with Crippen molar-refractivity contribution in [3.63, 3.8) is 0 Å². The summed E-state index contributed by atoms with van der Waals surface area (Å²) < 4.78 is 16.8. The lowest BCUT2D eigenvalue weighted by atomic mass is 10.1. The summed E-state index contributed by atoms with van der Waals surface area (Å²) in [5.41, 5.74) is 3.14. The Morgan fingerprint density at radius 1 is 1.05 bits per heavy atom. The van der Waals surface area contributed by atoms with Crippen molar-refractivity contribution in [3.05, 3.63) is 57.6 Å². The second kappa shape index (κ2) is 20.5. The third-order valence-electron chi connectivity index (χ3n) is 5.51. The standard InChI is InChI=1S/C28H45Cl2N3O4/c1-6-8-10-23(3)21-33(32(5)22-26-24(4)19-25(29)20-27(26)30)12-14-36-16-18-37-17-15-35-13-11-31-28(34)9-7-2/h8,10,19-20H,3,6-7,9,11-18,21-22H2,1-2,4-5H3,(H,31,34)/b10-8-. The van der Waals surface area contributed by atoms with Gasteiger partial charge in [0.1, 0.15) is 0 Å². The zero-order valence-corrected chi connectivity index (χ0v) is 24.5. The molecule has 37 heavy (non-hydrogen) atoms. The number of nitrogens with one attached hydrogen (secondary N) is 1. The first kappa shape index (κ1) is 33.6. The molecule has 0 unspecified atom stereocenters. The van der Waals surface area contributed by atoms with Crippen LogP contribution in [-0.4, -0.2) is 82.2 Å². The highest BCUT2D eigenvalue weighted by atomic mass is 35.5. The van der Waals surface area contributed by atoms with Crippen LogP contribution in [0.5, 0.6) is 0 Å². The fraction of sp³-hybridized carbons (Fsp3) is 0.607. The molecule has 1 amide bonds. The number of nitrogens with zero attached hydrogens (tertiary/aromatic N) is 2. The minimum Gasteiger partial charge on any atom is -0.378 e. The molecule has 0 aliphatic heterocycles. The van der Waals surface area contributed by atoms with Crippen LogP contribution in [0.4, 0.5) is 0 Å². The minimum absolute atomic E-state index is 0.0647. The maximum atomic E-state index is 11.4. The van der Waals surface area contributed by atoms with Crippen LogP contribution in [0.2, 0.25) is 10.0 Å². The van der Waals surface area contributed by atoms with E-state index < -0.39 is 0 Å². The summed E-state index contributed by atoms with van der Waals surface area (Å²) in [6, 6.07) is 3.72. The molecule has 0 atom stereocenters. The van der Waals surface area contributed by atoms with Crippen molar-refractivity contribution < 1.29 is 19.0 Å². The Hall–Kier alpha value is -1.45. The highest BCUT2D eigenvalue weighted by molar-refractivity contribution is 6.35. The molecule has 7 nitrogen and oxygen atoms in total. The SMILES string of the molecule is C=C(/C=C\CC)CN(CCOCCOCCOCCNC(=O)CCC)N(C)Cc1c(C)cc(Cl)cc1Cl. The first-order chi connectivity index (χ1) is 17.8. The number of hydrogen-bond donors (Lipinski definition) is 1. The molecule has 0 fully saturated rings. The van der Waals surface area contributed by atoms with E-state index in [1.807, 2.05) is 27.0 Å². The predicted molar refractivity (Wildman–Crippen MR) is 153 cm³/mol. The number of rotatable bonds is 21. The van der Waals surface area contributed by atoms with Crippen LogP contribution in [0, 0.1) is 6.92 Å². The van der Waals surface area contributed by atoms with E-state index in [-0.39, 0.29) is 5.91 Å². The molecular weight excluding hydrogens is 513 g/mol. The molecule has 0 saturated carbocycles. The van der Waals surface area contributed by atoms with Gasteiger partial charge in [0.25, 0.3) is 0 Å². The summed E-state index contributed by atoms with van der Waals surface area (Å²) in [5, 5.41) is 8.48. The molecule has 0 heterocycles. The van der Waals surface area contributed by atoms with Gasteiger partial charge in [0.15, 0.2) is 0 Å². The molecule has 0 radical (unpaired) electrons. The molecule has 9 heteroatoms. The molecule has 0 spiro atoms. The number of allylic oxidation sites excluding steroid dienone is 1. The number of hydrazine groups is 1. The van der Waals surface area contributed by atoms with Gasteiger partial charge in [0, 0.05) is 49.7 Å². The van der Waals surface area contributed by atoms with Crippen molar-refractivity contribution in [1.29, 1.82) is 0 Å². The van der Waals surface area contributed by atoms with E-state index in [1.54, 1.807) is 6.07 Å². The number of carbonyl (C=O) groups is 1. The summed E-state index contributed by atoms with van der Waals surface area (Å²) >= 11 is 12.6. The van der Waals surface area contributed by atoms with Gasteiger partial charge in [-0.25, -0.2) is 10.0 Å². The smallest absolute Gasteiger partial charge is 0.220 e. The molecule has 210 valence electrons. The average molecular weight is 559 g/mol. The van der Waals surface area contributed by atoms with Gasteiger partial charge >= 0.3 is 0 Å². The Kier molecular flexibility index (Phi) is 18.6. The highest BCUT2D eigenvalue weighted by Gasteiger charge is 2.16. The van der Waals surface area contributed by atoms with Gasteiger partial charge in [0.05, 0.1) is 39.6 Å². The zero-order chi connectivity index (χ0) is 27.5. The van der Waals surface area contributed by atoms with Crippen LogP contribution in [0.3, 0.4) is 0 Å². The Morgan fingerprint density at radius 3 is 2.32 bits per heavy atom.